The van der Waals surface area contributed by atoms with E-state index < -0.39 is 0 Å². The van der Waals surface area contributed by atoms with Gasteiger partial charge in [0.15, 0.2) is 5.16 Å². The van der Waals surface area contributed by atoms with Crippen molar-refractivity contribution in [2.24, 2.45) is 0 Å². The van der Waals surface area contributed by atoms with Crippen LogP contribution in [0.4, 0.5) is 5.82 Å². The minimum atomic E-state index is 0.547. The molecule has 2 N–H and O–H groups in total. The largest absolute Gasteiger partial charge is 0.494 e. The van der Waals surface area contributed by atoms with E-state index in [1.165, 1.54) is 0 Å². The summed E-state index contributed by atoms with van der Waals surface area (Å²) in [5.41, 5.74) is 5.93. The lowest BCUT2D eigenvalue weighted by Gasteiger charge is -2.06. The molecule has 0 fully saturated rings. The number of halogens is 1. The van der Waals surface area contributed by atoms with Crippen molar-refractivity contribution in [3.63, 3.8) is 0 Å². The van der Waals surface area contributed by atoms with E-state index in [-0.39, 0.29) is 0 Å². The second kappa shape index (κ2) is 7.17. The Hall–Kier alpha value is -1.50. The number of nitrogens with zero attached hydrogens (tertiary/aromatic N) is 2. The van der Waals surface area contributed by atoms with Gasteiger partial charge in [0.1, 0.15) is 16.4 Å². The monoisotopic (exact) mass is 351 g/mol. The molecule has 0 aliphatic heterocycles. The molecule has 0 amide bonds. The van der Waals surface area contributed by atoms with Gasteiger partial charge in [-0.15, -0.1) is 11.3 Å². The van der Waals surface area contributed by atoms with Crippen molar-refractivity contribution in [2.75, 3.05) is 18.1 Å². The first-order valence-electron chi connectivity index (χ1n) is 6.74. The Bertz CT molecular complexity index is 761. The second-order valence-electron chi connectivity index (χ2n) is 4.54. The molecule has 0 spiro atoms. The molecule has 3 rings (SSSR count). The third kappa shape index (κ3) is 3.82. The number of benzene rings is 1. The molecule has 2 heterocycles. The summed E-state index contributed by atoms with van der Waals surface area (Å²) in [6.45, 7) is 0.644. The number of anilines is 1. The Balaban J connectivity index is 1.47. The van der Waals surface area contributed by atoms with Gasteiger partial charge in [0.2, 0.25) is 0 Å². The highest BCUT2D eigenvalue weighted by atomic mass is 35.5. The van der Waals surface area contributed by atoms with Crippen LogP contribution in [-0.2, 0) is 0 Å². The number of ether oxygens (including phenoxy) is 1. The van der Waals surface area contributed by atoms with E-state index in [1.54, 1.807) is 23.1 Å². The number of aromatic nitrogens is 2. The Kier molecular flexibility index (Phi) is 5.02. The topological polar surface area (TPSA) is 61.0 Å². The molecular weight excluding hydrogens is 338 g/mol. The van der Waals surface area contributed by atoms with E-state index in [0.717, 1.165) is 33.3 Å². The number of rotatable bonds is 6. The minimum Gasteiger partial charge on any atom is -0.494 e. The van der Waals surface area contributed by atoms with Gasteiger partial charge in [-0.3, -0.25) is 0 Å². The SMILES string of the molecule is Nc1nc(SCCCOc2ccc(Cl)cc2)nc2sccc12. The molecule has 0 aliphatic carbocycles. The molecule has 0 saturated heterocycles. The fraction of sp³-hybridized carbons (Fsp3) is 0.200. The van der Waals surface area contributed by atoms with Crippen molar-refractivity contribution >= 4 is 50.7 Å². The molecule has 22 heavy (non-hydrogen) atoms. The third-order valence-corrected chi connectivity index (χ3v) is 4.93. The predicted octanol–water partition coefficient (Wildman–Crippen LogP) is 4.49. The summed E-state index contributed by atoms with van der Waals surface area (Å²) >= 11 is 9.00. The quantitative estimate of drug-likeness (QED) is 0.403. The molecule has 1 aromatic carbocycles. The number of thioether (sulfide) groups is 1. The van der Waals surface area contributed by atoms with Crippen LogP contribution in [0.2, 0.25) is 5.02 Å². The van der Waals surface area contributed by atoms with Gasteiger partial charge < -0.3 is 10.5 Å². The second-order valence-corrected chi connectivity index (χ2v) is 6.93. The van der Waals surface area contributed by atoms with Crippen LogP contribution >= 0.6 is 34.7 Å². The van der Waals surface area contributed by atoms with Crippen molar-refractivity contribution in [1.29, 1.82) is 0 Å². The maximum atomic E-state index is 5.93. The summed E-state index contributed by atoms with van der Waals surface area (Å²) in [5.74, 6) is 2.25. The van der Waals surface area contributed by atoms with Crippen molar-refractivity contribution in [3.05, 3.63) is 40.7 Å². The zero-order valence-electron chi connectivity index (χ0n) is 11.7. The van der Waals surface area contributed by atoms with Gasteiger partial charge in [0.05, 0.1) is 12.0 Å². The molecule has 4 nitrogen and oxygen atoms in total. The number of nitrogen functional groups attached to an aromatic ring is 1. The van der Waals surface area contributed by atoms with E-state index in [2.05, 4.69) is 9.97 Å². The van der Waals surface area contributed by atoms with Crippen LogP contribution in [0, 0.1) is 0 Å². The van der Waals surface area contributed by atoms with Crippen LogP contribution < -0.4 is 10.5 Å². The Morgan fingerprint density at radius 2 is 2.00 bits per heavy atom. The van der Waals surface area contributed by atoms with Gasteiger partial charge in [-0.25, -0.2) is 9.97 Å². The lowest BCUT2D eigenvalue weighted by Crippen LogP contribution is -2.00. The van der Waals surface area contributed by atoms with Gasteiger partial charge in [0, 0.05) is 10.8 Å². The fourth-order valence-corrected chi connectivity index (χ4v) is 3.58. The smallest absolute Gasteiger partial charge is 0.190 e. The van der Waals surface area contributed by atoms with Crippen LogP contribution in [0.3, 0.4) is 0 Å². The molecule has 0 unspecified atom stereocenters. The number of fused-ring (bicyclic) bond motifs is 1. The standard InChI is InChI=1S/C15H14ClN3OS2/c16-10-2-4-11(5-3-10)20-7-1-8-22-15-18-13(17)12-6-9-21-14(12)19-15/h2-6,9H,1,7-8H2,(H2,17,18,19). The molecule has 0 aliphatic rings. The first-order chi connectivity index (χ1) is 10.7. The number of thiophene rings is 1. The first kappa shape index (κ1) is 15.4. The maximum absolute atomic E-state index is 5.93. The number of nitrogens with two attached hydrogens (primary N) is 1. The summed E-state index contributed by atoms with van der Waals surface area (Å²) in [5, 5.41) is 4.34. The molecular formula is C15H14ClN3OS2. The predicted molar refractivity (Wildman–Crippen MR) is 94.1 cm³/mol. The van der Waals surface area contributed by atoms with Crippen LogP contribution in [-0.4, -0.2) is 22.3 Å². The average molecular weight is 352 g/mol. The molecule has 3 aromatic rings. The van der Waals surface area contributed by atoms with Crippen LogP contribution in [0.1, 0.15) is 6.42 Å². The first-order valence-corrected chi connectivity index (χ1v) is 8.98. The van der Waals surface area contributed by atoms with Gasteiger partial charge in [-0.1, -0.05) is 23.4 Å². The Morgan fingerprint density at radius 1 is 1.18 bits per heavy atom. The molecule has 0 saturated carbocycles. The van der Waals surface area contributed by atoms with E-state index in [9.17, 15) is 0 Å². The van der Waals surface area contributed by atoms with Gasteiger partial charge in [-0.05, 0) is 42.1 Å². The maximum Gasteiger partial charge on any atom is 0.190 e. The van der Waals surface area contributed by atoms with Crippen LogP contribution in [0.5, 0.6) is 5.75 Å². The Morgan fingerprint density at radius 3 is 2.82 bits per heavy atom. The third-order valence-electron chi connectivity index (χ3n) is 2.94. The molecule has 0 bridgehead atoms. The zero-order chi connectivity index (χ0) is 15.4. The van der Waals surface area contributed by atoms with Crippen molar-refractivity contribution in [1.82, 2.24) is 9.97 Å². The lowest BCUT2D eigenvalue weighted by atomic mass is 10.3. The normalized spacial score (nSPS) is 11.0. The fourth-order valence-electron chi connectivity index (χ4n) is 1.87. The van der Waals surface area contributed by atoms with Crippen LogP contribution in [0.25, 0.3) is 10.2 Å². The van der Waals surface area contributed by atoms with Gasteiger partial charge in [0.25, 0.3) is 0 Å². The highest BCUT2D eigenvalue weighted by molar-refractivity contribution is 7.99. The molecule has 114 valence electrons. The highest BCUT2D eigenvalue weighted by Gasteiger charge is 2.06. The van der Waals surface area contributed by atoms with Crippen LogP contribution in [0.15, 0.2) is 40.9 Å². The lowest BCUT2D eigenvalue weighted by molar-refractivity contribution is 0.318. The van der Waals surface area contributed by atoms with Crippen molar-refractivity contribution in [2.45, 2.75) is 11.6 Å². The summed E-state index contributed by atoms with van der Waals surface area (Å²) in [6, 6.07) is 9.31. The summed E-state index contributed by atoms with van der Waals surface area (Å²) in [6.07, 6.45) is 0.902. The summed E-state index contributed by atoms with van der Waals surface area (Å²) < 4.78 is 5.65. The van der Waals surface area contributed by atoms with Gasteiger partial charge in [-0.2, -0.15) is 0 Å². The Labute approximate surface area is 141 Å². The van der Waals surface area contributed by atoms with E-state index in [4.69, 9.17) is 22.1 Å². The minimum absolute atomic E-state index is 0.547. The molecule has 0 atom stereocenters. The van der Waals surface area contributed by atoms with Crippen molar-refractivity contribution in [3.8, 4) is 5.75 Å². The number of hydrogen-bond donors (Lipinski definition) is 1. The molecule has 7 heteroatoms. The van der Waals surface area contributed by atoms with E-state index in [1.807, 2.05) is 35.7 Å². The molecule has 2 aromatic heterocycles. The van der Waals surface area contributed by atoms with Gasteiger partial charge >= 0.3 is 0 Å². The highest BCUT2D eigenvalue weighted by Crippen LogP contribution is 2.26. The van der Waals surface area contributed by atoms with E-state index >= 15 is 0 Å². The number of hydrogen-bond acceptors (Lipinski definition) is 6. The van der Waals surface area contributed by atoms with Crippen molar-refractivity contribution < 1.29 is 4.74 Å². The molecule has 0 radical (unpaired) electrons. The summed E-state index contributed by atoms with van der Waals surface area (Å²) in [4.78, 5) is 9.75. The summed E-state index contributed by atoms with van der Waals surface area (Å²) in [7, 11) is 0. The average Bonchev–Trinajstić information content (AvgIpc) is 2.98. The zero-order valence-corrected chi connectivity index (χ0v) is 14.0. The van der Waals surface area contributed by atoms with E-state index in [0.29, 0.717) is 17.4 Å².